The minimum atomic E-state index is -3.55. The molecule has 0 aliphatic carbocycles. The van der Waals surface area contributed by atoms with E-state index in [1.807, 2.05) is 41.8 Å². The Hall–Kier alpha value is -2.75. The van der Waals surface area contributed by atoms with E-state index in [4.69, 9.17) is 0 Å². The Bertz CT molecular complexity index is 1160. The number of rotatable bonds is 9. The molecule has 2 N–H and O–H groups in total. The zero-order chi connectivity index (χ0) is 22.6. The number of hydrogen-bond acceptors (Lipinski definition) is 5. The first-order chi connectivity index (χ1) is 14.7. The maximum Gasteiger partial charge on any atom is 0.242 e. The van der Waals surface area contributed by atoms with Crippen LogP contribution in [0.4, 0.5) is 0 Å². The summed E-state index contributed by atoms with van der Waals surface area (Å²) in [6.45, 7) is 2.77. The van der Waals surface area contributed by atoms with Crippen LogP contribution < -0.4 is 5.32 Å². The van der Waals surface area contributed by atoms with Gasteiger partial charge in [-0.1, -0.05) is 30.3 Å². The molecule has 0 saturated heterocycles. The molecule has 9 heteroatoms. The zero-order valence-electron chi connectivity index (χ0n) is 17.9. The number of sulfonamides is 1. The highest BCUT2D eigenvalue weighted by Gasteiger charge is 2.20. The van der Waals surface area contributed by atoms with Crippen LogP contribution in [0.5, 0.6) is 0 Å². The number of carbonyl (C=O) groups excluding carboxylic acids is 1. The predicted molar refractivity (Wildman–Crippen MR) is 119 cm³/mol. The number of carbonyl (C=O) groups is 1. The fourth-order valence-corrected chi connectivity index (χ4v) is 4.31. The summed E-state index contributed by atoms with van der Waals surface area (Å²) in [7, 11) is -0.569. The van der Waals surface area contributed by atoms with Gasteiger partial charge in [-0.25, -0.2) is 17.7 Å². The predicted octanol–water partition coefficient (Wildman–Crippen LogP) is 2.09. The van der Waals surface area contributed by atoms with Crippen molar-refractivity contribution >= 4 is 27.0 Å². The van der Waals surface area contributed by atoms with Gasteiger partial charge >= 0.3 is 0 Å². The third kappa shape index (κ3) is 5.12. The molecule has 0 saturated carbocycles. The van der Waals surface area contributed by atoms with Gasteiger partial charge in [-0.2, -0.15) is 0 Å². The molecule has 0 aliphatic rings. The van der Waals surface area contributed by atoms with Gasteiger partial charge < -0.3 is 15.0 Å². The number of benzene rings is 2. The van der Waals surface area contributed by atoms with Crippen molar-refractivity contribution in [1.82, 2.24) is 19.2 Å². The normalized spacial score (nSPS) is 12.9. The van der Waals surface area contributed by atoms with Crippen LogP contribution in [-0.4, -0.2) is 53.9 Å². The van der Waals surface area contributed by atoms with Gasteiger partial charge in [0.2, 0.25) is 15.9 Å². The number of aromatic nitrogens is 2. The second-order valence-electron chi connectivity index (χ2n) is 7.44. The summed E-state index contributed by atoms with van der Waals surface area (Å²) in [6, 6.07) is 14.1. The number of amides is 1. The third-order valence-corrected chi connectivity index (χ3v) is 6.96. The molecule has 2 aromatic carbocycles. The van der Waals surface area contributed by atoms with Gasteiger partial charge in [0.05, 0.1) is 22.0 Å². The largest absolute Gasteiger partial charge is 0.387 e. The van der Waals surface area contributed by atoms with Crippen LogP contribution in [0.2, 0.25) is 0 Å². The van der Waals surface area contributed by atoms with E-state index in [-0.39, 0.29) is 23.8 Å². The number of imidazole rings is 1. The van der Waals surface area contributed by atoms with Crippen molar-refractivity contribution in [2.75, 3.05) is 20.6 Å². The minimum absolute atomic E-state index is 0.138. The molecule has 8 nitrogen and oxygen atoms in total. The van der Waals surface area contributed by atoms with Crippen LogP contribution in [0, 0.1) is 0 Å². The van der Waals surface area contributed by atoms with Crippen molar-refractivity contribution in [3.8, 4) is 0 Å². The first-order valence-corrected chi connectivity index (χ1v) is 11.6. The van der Waals surface area contributed by atoms with E-state index in [2.05, 4.69) is 10.3 Å². The molecule has 31 heavy (non-hydrogen) atoms. The topological polar surface area (TPSA) is 105 Å². The quantitative estimate of drug-likeness (QED) is 0.526. The molecule has 0 radical (unpaired) electrons. The van der Waals surface area contributed by atoms with E-state index >= 15 is 0 Å². The van der Waals surface area contributed by atoms with E-state index in [0.29, 0.717) is 18.5 Å². The van der Waals surface area contributed by atoms with Crippen molar-refractivity contribution < 1.29 is 18.3 Å². The summed E-state index contributed by atoms with van der Waals surface area (Å²) in [6.07, 6.45) is -0.137. The molecule has 1 unspecified atom stereocenters. The van der Waals surface area contributed by atoms with Gasteiger partial charge in [0, 0.05) is 40.0 Å². The summed E-state index contributed by atoms with van der Waals surface area (Å²) in [4.78, 5) is 17.1. The SMILES string of the molecule is CCn1c(CCC(=O)NCC(O)c2ccccc2)nc2cc(S(=O)(=O)N(C)C)ccc21. The highest BCUT2D eigenvalue weighted by molar-refractivity contribution is 7.89. The molecule has 0 fully saturated rings. The van der Waals surface area contributed by atoms with Crippen LogP contribution >= 0.6 is 0 Å². The Morgan fingerprint density at radius 2 is 1.90 bits per heavy atom. The average molecular weight is 445 g/mol. The molecule has 1 aromatic heterocycles. The molecule has 3 rings (SSSR count). The van der Waals surface area contributed by atoms with E-state index in [1.165, 1.54) is 18.4 Å². The van der Waals surface area contributed by atoms with Crippen LogP contribution in [-0.2, 0) is 27.8 Å². The van der Waals surface area contributed by atoms with Crippen molar-refractivity contribution in [3.63, 3.8) is 0 Å². The van der Waals surface area contributed by atoms with Gasteiger partial charge in [-0.3, -0.25) is 4.79 Å². The first kappa shape index (κ1) is 22.9. The molecular weight excluding hydrogens is 416 g/mol. The summed E-state index contributed by atoms with van der Waals surface area (Å²) in [5.41, 5.74) is 2.16. The highest BCUT2D eigenvalue weighted by Crippen LogP contribution is 2.22. The molecule has 1 heterocycles. The number of aliphatic hydroxyl groups excluding tert-OH is 1. The molecule has 0 spiro atoms. The van der Waals surface area contributed by atoms with E-state index in [0.717, 1.165) is 16.9 Å². The van der Waals surface area contributed by atoms with Crippen molar-refractivity contribution in [2.45, 2.75) is 37.3 Å². The molecule has 0 bridgehead atoms. The zero-order valence-corrected chi connectivity index (χ0v) is 18.8. The summed E-state index contributed by atoms with van der Waals surface area (Å²) in [5.74, 6) is 0.538. The molecule has 1 amide bonds. The van der Waals surface area contributed by atoms with Gasteiger partial charge in [-0.05, 0) is 30.7 Å². The Labute approximate surface area is 182 Å². The second kappa shape index (κ2) is 9.59. The summed E-state index contributed by atoms with van der Waals surface area (Å²) >= 11 is 0. The van der Waals surface area contributed by atoms with Crippen LogP contribution in [0.15, 0.2) is 53.4 Å². The standard InChI is InChI=1S/C22H28N4O4S/c1-4-26-19-11-10-17(31(29,30)25(2)3)14-18(19)24-21(26)12-13-22(28)23-15-20(27)16-8-6-5-7-9-16/h5-11,14,20,27H,4,12-13,15H2,1-3H3,(H,23,28). The molecule has 1 atom stereocenters. The Kier molecular flexibility index (Phi) is 7.09. The van der Waals surface area contributed by atoms with Crippen LogP contribution in [0.25, 0.3) is 11.0 Å². The average Bonchev–Trinajstić information content (AvgIpc) is 3.13. The second-order valence-corrected chi connectivity index (χ2v) is 9.59. The van der Waals surface area contributed by atoms with E-state index in [1.54, 1.807) is 18.2 Å². The van der Waals surface area contributed by atoms with Crippen molar-refractivity contribution in [1.29, 1.82) is 0 Å². The van der Waals surface area contributed by atoms with E-state index in [9.17, 15) is 18.3 Å². The maximum absolute atomic E-state index is 12.4. The lowest BCUT2D eigenvalue weighted by atomic mass is 10.1. The van der Waals surface area contributed by atoms with Gasteiger partial charge in [0.1, 0.15) is 5.82 Å². The monoisotopic (exact) mass is 444 g/mol. The van der Waals surface area contributed by atoms with Crippen molar-refractivity contribution in [2.24, 2.45) is 0 Å². The smallest absolute Gasteiger partial charge is 0.242 e. The third-order valence-electron chi connectivity index (χ3n) is 5.15. The first-order valence-electron chi connectivity index (χ1n) is 10.2. The summed E-state index contributed by atoms with van der Waals surface area (Å²) in [5, 5.41) is 12.9. The van der Waals surface area contributed by atoms with Crippen molar-refractivity contribution in [3.05, 3.63) is 59.9 Å². The lowest BCUT2D eigenvalue weighted by Crippen LogP contribution is -2.28. The molecule has 3 aromatic rings. The number of hydrogen-bond donors (Lipinski definition) is 2. The van der Waals surface area contributed by atoms with Crippen LogP contribution in [0.3, 0.4) is 0 Å². The lowest BCUT2D eigenvalue weighted by molar-refractivity contribution is -0.121. The number of nitrogens with one attached hydrogen (secondary N) is 1. The Balaban J connectivity index is 1.69. The number of nitrogens with zero attached hydrogens (tertiary/aromatic N) is 3. The van der Waals surface area contributed by atoms with E-state index < -0.39 is 16.1 Å². The number of aliphatic hydroxyl groups is 1. The van der Waals surface area contributed by atoms with Gasteiger partial charge in [0.25, 0.3) is 0 Å². The fraction of sp³-hybridized carbons (Fsp3) is 0.364. The number of aryl methyl sites for hydroxylation is 2. The molecular formula is C22H28N4O4S. The maximum atomic E-state index is 12.4. The Morgan fingerprint density at radius 3 is 2.55 bits per heavy atom. The highest BCUT2D eigenvalue weighted by atomic mass is 32.2. The Morgan fingerprint density at radius 1 is 1.19 bits per heavy atom. The molecule has 0 aliphatic heterocycles. The molecule has 166 valence electrons. The minimum Gasteiger partial charge on any atom is -0.387 e. The summed E-state index contributed by atoms with van der Waals surface area (Å²) < 4.78 is 27.9. The lowest BCUT2D eigenvalue weighted by Gasteiger charge is -2.12. The van der Waals surface area contributed by atoms with Gasteiger partial charge in [-0.15, -0.1) is 0 Å². The van der Waals surface area contributed by atoms with Crippen LogP contribution in [0.1, 0.15) is 30.8 Å². The fourth-order valence-electron chi connectivity index (χ4n) is 3.39. The van der Waals surface area contributed by atoms with Gasteiger partial charge in [0.15, 0.2) is 0 Å². The number of fused-ring (bicyclic) bond motifs is 1.